The van der Waals surface area contributed by atoms with Gasteiger partial charge in [0.1, 0.15) is 24.4 Å². The lowest BCUT2D eigenvalue weighted by Gasteiger charge is -2.61. The zero-order chi connectivity index (χ0) is 24.5. The maximum absolute atomic E-state index is 13.7. The van der Waals surface area contributed by atoms with Gasteiger partial charge in [0.05, 0.1) is 23.0 Å². The molecule has 186 valence electrons. The van der Waals surface area contributed by atoms with Crippen molar-refractivity contribution in [3.63, 3.8) is 0 Å². The zero-order valence-corrected chi connectivity index (χ0v) is 19.5. The molecule has 0 amide bonds. The maximum Gasteiger partial charge on any atom is 0.340 e. The molecule has 4 fully saturated rings. The number of carbonyl (C=O) groups is 4. The van der Waals surface area contributed by atoms with Crippen molar-refractivity contribution >= 4 is 23.9 Å². The summed E-state index contributed by atoms with van der Waals surface area (Å²) in [4.78, 5) is 50.0. The summed E-state index contributed by atoms with van der Waals surface area (Å²) < 4.78 is 28.1. The van der Waals surface area contributed by atoms with E-state index in [1.165, 1.54) is 19.9 Å². The molecule has 2 saturated heterocycles. The highest BCUT2D eigenvalue weighted by atomic mass is 16.6. The van der Waals surface area contributed by atoms with Crippen LogP contribution in [0.3, 0.4) is 0 Å². The molecule has 0 aromatic heterocycles. The lowest BCUT2D eigenvalue weighted by molar-refractivity contribution is -0.228. The molecule has 8 atom stereocenters. The smallest absolute Gasteiger partial charge is 0.340 e. The van der Waals surface area contributed by atoms with E-state index in [1.807, 2.05) is 6.92 Å². The first kappa shape index (κ1) is 23.3. The largest absolute Gasteiger partial charge is 0.465 e. The Kier molecular flexibility index (Phi) is 5.33. The number of cyclic esters (lactones) is 2. The van der Waals surface area contributed by atoms with Crippen LogP contribution < -0.4 is 0 Å². The predicted octanol–water partition coefficient (Wildman–Crippen LogP) is 1.18. The van der Waals surface area contributed by atoms with Gasteiger partial charge in [-0.25, -0.2) is 4.79 Å². The summed E-state index contributed by atoms with van der Waals surface area (Å²) in [5.74, 6) is -2.68. The van der Waals surface area contributed by atoms with Crippen LogP contribution in [-0.4, -0.2) is 66.3 Å². The molecule has 3 aliphatic heterocycles. The van der Waals surface area contributed by atoms with Crippen molar-refractivity contribution in [3.8, 4) is 0 Å². The predicted molar refractivity (Wildman–Crippen MR) is 112 cm³/mol. The number of hydrogen-bond donors (Lipinski definition) is 1. The minimum absolute atomic E-state index is 0.0409. The van der Waals surface area contributed by atoms with Gasteiger partial charge in [-0.05, 0) is 37.2 Å². The molecule has 34 heavy (non-hydrogen) atoms. The van der Waals surface area contributed by atoms with Gasteiger partial charge >= 0.3 is 23.9 Å². The van der Waals surface area contributed by atoms with E-state index in [-0.39, 0.29) is 30.4 Å². The topological polar surface area (TPSA) is 138 Å². The Hall–Kier alpha value is -2.46. The molecular weight excluding hydrogens is 448 g/mol. The third-order valence-corrected chi connectivity index (χ3v) is 8.79. The number of aliphatic hydroxyl groups is 1. The van der Waals surface area contributed by atoms with Crippen LogP contribution in [0.4, 0.5) is 0 Å². The molecule has 2 saturated carbocycles. The van der Waals surface area contributed by atoms with Gasteiger partial charge in [0.2, 0.25) is 6.29 Å². The summed E-state index contributed by atoms with van der Waals surface area (Å²) in [6, 6.07) is 0. The molecule has 0 aromatic carbocycles. The monoisotopic (exact) mass is 478 g/mol. The van der Waals surface area contributed by atoms with E-state index in [4.69, 9.17) is 23.7 Å². The Morgan fingerprint density at radius 1 is 1.21 bits per heavy atom. The number of ether oxygens (including phenoxy) is 5. The first-order valence-electron chi connectivity index (χ1n) is 11.8. The van der Waals surface area contributed by atoms with E-state index < -0.39 is 58.8 Å². The Morgan fingerprint density at radius 2 is 1.94 bits per heavy atom. The highest BCUT2D eigenvalue weighted by molar-refractivity contribution is 5.93. The van der Waals surface area contributed by atoms with Crippen molar-refractivity contribution in [1.82, 2.24) is 0 Å². The SMILES string of the molecule is CC(=O)OC[C@@]12[C@@H](OC(C)=O)C[C@@H](C)[C@]3(C[C@H](C4=C[C@H](O)OC4=O)OC3=O)[C@H]1CCC[C@]21CO1. The second-order valence-electron chi connectivity index (χ2n) is 10.3. The van der Waals surface area contributed by atoms with Crippen LogP contribution in [0.5, 0.6) is 0 Å². The van der Waals surface area contributed by atoms with Gasteiger partial charge in [0.15, 0.2) is 0 Å². The van der Waals surface area contributed by atoms with Crippen LogP contribution in [0.15, 0.2) is 11.6 Å². The maximum atomic E-state index is 13.7. The van der Waals surface area contributed by atoms with Crippen LogP contribution in [0.2, 0.25) is 0 Å². The summed E-state index contributed by atoms with van der Waals surface area (Å²) >= 11 is 0. The molecular formula is C24H30O10. The molecule has 3 heterocycles. The second-order valence-corrected chi connectivity index (χ2v) is 10.3. The van der Waals surface area contributed by atoms with E-state index in [2.05, 4.69) is 0 Å². The van der Waals surface area contributed by atoms with Crippen LogP contribution in [-0.2, 0) is 42.9 Å². The van der Waals surface area contributed by atoms with Crippen LogP contribution >= 0.6 is 0 Å². The van der Waals surface area contributed by atoms with E-state index in [1.54, 1.807) is 0 Å². The number of esters is 4. The third kappa shape index (κ3) is 3.14. The number of rotatable bonds is 4. The average molecular weight is 478 g/mol. The van der Waals surface area contributed by atoms with Crippen molar-refractivity contribution in [3.05, 3.63) is 11.6 Å². The highest BCUT2D eigenvalue weighted by Gasteiger charge is 2.78. The molecule has 0 unspecified atom stereocenters. The van der Waals surface area contributed by atoms with Crippen molar-refractivity contribution < 1.29 is 48.0 Å². The summed E-state index contributed by atoms with van der Waals surface area (Å²) in [5.41, 5.74) is -2.47. The first-order chi connectivity index (χ1) is 16.1. The zero-order valence-electron chi connectivity index (χ0n) is 19.5. The lowest BCUT2D eigenvalue weighted by Crippen LogP contribution is -2.68. The lowest BCUT2D eigenvalue weighted by atomic mass is 9.42. The quantitative estimate of drug-likeness (QED) is 0.356. The molecule has 5 aliphatic rings. The second kappa shape index (κ2) is 7.78. The van der Waals surface area contributed by atoms with Gasteiger partial charge in [0, 0.05) is 20.3 Å². The van der Waals surface area contributed by atoms with E-state index in [0.717, 1.165) is 6.42 Å². The fourth-order valence-electron chi connectivity index (χ4n) is 7.32. The van der Waals surface area contributed by atoms with Gasteiger partial charge in [-0.2, -0.15) is 0 Å². The van der Waals surface area contributed by atoms with Crippen LogP contribution in [0.25, 0.3) is 0 Å². The molecule has 2 aliphatic carbocycles. The Balaban J connectivity index is 1.60. The Labute approximate surface area is 196 Å². The Morgan fingerprint density at radius 3 is 2.53 bits per heavy atom. The van der Waals surface area contributed by atoms with Gasteiger partial charge in [-0.1, -0.05) is 13.3 Å². The normalized spacial score (nSPS) is 44.8. The highest BCUT2D eigenvalue weighted by Crippen LogP contribution is 2.70. The molecule has 0 radical (unpaired) electrons. The number of fused-ring (bicyclic) bond motifs is 3. The number of aliphatic hydroxyl groups excluding tert-OH is 1. The summed E-state index contributed by atoms with van der Waals surface area (Å²) in [5, 5.41) is 9.72. The molecule has 10 heteroatoms. The standard InChI is InChI=1S/C24H30O10/c1-12-7-18(32-14(3)26)24(11-30-13(2)25)17(5-4-6-22(24)10-31-22)23(12)9-16(33-21(23)29)15-8-19(27)34-20(15)28/h8,12,16-19,27H,4-7,9-11H2,1-3H3/t12-,16-,17-,18+,19-,22+,23-,24+/m1/s1. The third-order valence-electron chi connectivity index (χ3n) is 8.79. The van der Waals surface area contributed by atoms with Crippen LogP contribution in [0, 0.1) is 22.7 Å². The van der Waals surface area contributed by atoms with Crippen molar-refractivity contribution in [1.29, 1.82) is 0 Å². The summed E-state index contributed by atoms with van der Waals surface area (Å²) in [7, 11) is 0. The van der Waals surface area contributed by atoms with E-state index in [0.29, 0.717) is 25.9 Å². The summed E-state index contributed by atoms with van der Waals surface area (Å²) in [6.45, 7) is 4.98. The van der Waals surface area contributed by atoms with Crippen LogP contribution in [0.1, 0.15) is 52.9 Å². The van der Waals surface area contributed by atoms with Gasteiger partial charge < -0.3 is 28.8 Å². The minimum Gasteiger partial charge on any atom is -0.465 e. The fourth-order valence-corrected chi connectivity index (χ4v) is 7.32. The number of carbonyl (C=O) groups excluding carboxylic acids is 4. The number of epoxide rings is 1. The molecule has 0 aromatic rings. The summed E-state index contributed by atoms with van der Waals surface area (Å²) in [6.07, 6.45) is 1.14. The van der Waals surface area contributed by atoms with Gasteiger partial charge in [0.25, 0.3) is 0 Å². The van der Waals surface area contributed by atoms with E-state index in [9.17, 15) is 24.3 Å². The molecule has 2 spiro atoms. The molecule has 0 bridgehead atoms. The fraction of sp³-hybridized carbons (Fsp3) is 0.750. The Bertz CT molecular complexity index is 967. The molecule has 1 N–H and O–H groups in total. The van der Waals surface area contributed by atoms with E-state index >= 15 is 0 Å². The van der Waals surface area contributed by atoms with Crippen molar-refractivity contribution in [2.24, 2.45) is 22.7 Å². The minimum atomic E-state index is -1.37. The average Bonchev–Trinajstić information content (AvgIpc) is 3.32. The van der Waals surface area contributed by atoms with Crippen molar-refractivity contribution in [2.75, 3.05) is 13.2 Å². The number of hydrogen-bond acceptors (Lipinski definition) is 10. The van der Waals surface area contributed by atoms with Gasteiger partial charge in [-0.3, -0.25) is 14.4 Å². The molecule has 5 rings (SSSR count). The van der Waals surface area contributed by atoms with Crippen molar-refractivity contribution in [2.45, 2.75) is 77.0 Å². The first-order valence-corrected chi connectivity index (χ1v) is 11.8. The van der Waals surface area contributed by atoms with Gasteiger partial charge in [-0.15, -0.1) is 0 Å². The molecule has 10 nitrogen and oxygen atoms in total.